The first kappa shape index (κ1) is 28.6. The van der Waals surface area contributed by atoms with Crippen molar-refractivity contribution in [3.8, 4) is 5.75 Å². The summed E-state index contributed by atoms with van der Waals surface area (Å²) in [6.07, 6.45) is 19.3. The smallest absolute Gasteiger partial charge is 0.284 e. The van der Waals surface area contributed by atoms with Crippen molar-refractivity contribution in [2.45, 2.75) is 110 Å². The van der Waals surface area contributed by atoms with Crippen LogP contribution >= 0.6 is 0 Å². The number of carbonyl (C=O) groups is 3. The second-order valence-corrected chi connectivity index (χ2v) is 10.1. The fourth-order valence-corrected chi connectivity index (χ4v) is 4.96. The van der Waals surface area contributed by atoms with Crippen molar-refractivity contribution in [3.63, 3.8) is 0 Å². The zero-order valence-electron chi connectivity index (χ0n) is 22.7. The Hall–Kier alpha value is -2.96. The molecule has 2 aromatic rings. The molecule has 202 valence electrons. The molecule has 1 aliphatic rings. The van der Waals surface area contributed by atoms with E-state index in [2.05, 4.69) is 17.1 Å². The van der Waals surface area contributed by atoms with Gasteiger partial charge in [0.05, 0.1) is 12.8 Å². The second kappa shape index (κ2) is 15.3. The molecule has 37 heavy (non-hydrogen) atoms. The summed E-state index contributed by atoms with van der Waals surface area (Å²) in [6, 6.07) is 6.66. The molecule has 0 saturated heterocycles. The van der Waals surface area contributed by atoms with Crippen molar-refractivity contribution in [3.05, 3.63) is 41.2 Å². The highest BCUT2D eigenvalue weighted by molar-refractivity contribution is 6.35. The molecule has 0 aliphatic carbocycles. The number of ketones is 1. The van der Waals surface area contributed by atoms with Crippen LogP contribution in [0.5, 0.6) is 5.75 Å². The number of ether oxygens (including phenoxy) is 1. The summed E-state index contributed by atoms with van der Waals surface area (Å²) >= 11 is 0. The number of aromatic amines is 1. The SMILES string of the molecule is CCCCCCCCCCCCCCCCCC(=O)c1n[nH]c2c1C(=O)N(c1ccc(OC)cc1)C2=O. The summed E-state index contributed by atoms with van der Waals surface area (Å²) in [5.41, 5.74) is 0.684. The number of amides is 2. The van der Waals surface area contributed by atoms with Gasteiger partial charge in [-0.3, -0.25) is 19.5 Å². The van der Waals surface area contributed by atoms with Gasteiger partial charge in [0.2, 0.25) is 0 Å². The van der Waals surface area contributed by atoms with E-state index in [-0.39, 0.29) is 22.7 Å². The zero-order chi connectivity index (χ0) is 26.5. The molecule has 0 spiro atoms. The van der Waals surface area contributed by atoms with E-state index >= 15 is 0 Å². The lowest BCUT2D eigenvalue weighted by Gasteiger charge is -2.14. The fraction of sp³-hybridized carbons (Fsp3) is 0.600. The lowest BCUT2D eigenvalue weighted by atomic mass is 10.0. The Morgan fingerprint density at radius 3 is 1.81 bits per heavy atom. The average Bonchev–Trinajstić information content (AvgIpc) is 3.46. The molecule has 0 saturated carbocycles. The molecule has 0 atom stereocenters. The maximum absolute atomic E-state index is 13.0. The molecule has 7 nitrogen and oxygen atoms in total. The van der Waals surface area contributed by atoms with Crippen molar-refractivity contribution in [1.29, 1.82) is 0 Å². The minimum Gasteiger partial charge on any atom is -0.497 e. The van der Waals surface area contributed by atoms with Crippen LogP contribution in [0, 0.1) is 0 Å². The van der Waals surface area contributed by atoms with Gasteiger partial charge in [0.25, 0.3) is 11.8 Å². The van der Waals surface area contributed by atoms with E-state index in [4.69, 9.17) is 4.74 Å². The largest absolute Gasteiger partial charge is 0.497 e. The van der Waals surface area contributed by atoms with Gasteiger partial charge in [-0.05, 0) is 30.7 Å². The highest BCUT2D eigenvalue weighted by atomic mass is 16.5. The van der Waals surface area contributed by atoms with Crippen LogP contribution in [0.1, 0.15) is 141 Å². The Labute approximate surface area is 221 Å². The van der Waals surface area contributed by atoms with Gasteiger partial charge in [0.15, 0.2) is 5.78 Å². The Balaban J connectivity index is 1.31. The topological polar surface area (TPSA) is 92.4 Å². The number of hydrogen-bond acceptors (Lipinski definition) is 5. The maximum Gasteiger partial charge on any atom is 0.284 e. The van der Waals surface area contributed by atoms with Crippen LogP contribution in [0.15, 0.2) is 24.3 Å². The molecular weight excluding hydrogens is 466 g/mol. The van der Waals surface area contributed by atoms with Crippen LogP contribution in [0.4, 0.5) is 5.69 Å². The van der Waals surface area contributed by atoms with Crippen LogP contribution in [0.3, 0.4) is 0 Å². The number of rotatable bonds is 19. The van der Waals surface area contributed by atoms with E-state index in [9.17, 15) is 14.4 Å². The van der Waals surface area contributed by atoms with Gasteiger partial charge < -0.3 is 4.74 Å². The second-order valence-electron chi connectivity index (χ2n) is 10.1. The Morgan fingerprint density at radius 1 is 0.784 bits per heavy atom. The third-order valence-electron chi connectivity index (χ3n) is 7.20. The zero-order valence-corrected chi connectivity index (χ0v) is 22.7. The molecule has 2 amide bonds. The van der Waals surface area contributed by atoms with E-state index in [0.29, 0.717) is 17.9 Å². The first-order valence-corrected chi connectivity index (χ1v) is 14.2. The maximum atomic E-state index is 13.0. The van der Waals surface area contributed by atoms with Gasteiger partial charge in [0, 0.05) is 6.42 Å². The highest BCUT2D eigenvalue weighted by Gasteiger charge is 2.42. The lowest BCUT2D eigenvalue weighted by Crippen LogP contribution is -2.30. The molecule has 2 heterocycles. The lowest BCUT2D eigenvalue weighted by molar-refractivity contribution is 0.0910. The molecule has 1 aromatic heterocycles. The standard InChI is InChI=1S/C30H43N3O4/c1-3-4-5-6-7-8-9-10-11-12-13-14-15-16-17-18-25(34)27-26-28(32-31-27)30(36)33(29(26)35)23-19-21-24(37-2)22-20-23/h19-22H,3-18H2,1-2H3,(H,31,32). The normalized spacial score (nSPS) is 12.9. The predicted molar refractivity (Wildman–Crippen MR) is 147 cm³/mol. The summed E-state index contributed by atoms with van der Waals surface area (Å²) < 4.78 is 5.14. The van der Waals surface area contributed by atoms with E-state index in [1.165, 1.54) is 77.0 Å². The number of imide groups is 1. The third-order valence-corrected chi connectivity index (χ3v) is 7.20. The first-order valence-electron chi connectivity index (χ1n) is 14.2. The predicted octanol–water partition coefficient (Wildman–Crippen LogP) is 7.66. The molecule has 3 rings (SSSR count). The van der Waals surface area contributed by atoms with Crippen LogP contribution in [0.2, 0.25) is 0 Å². The average molecular weight is 510 g/mol. The number of nitrogens with one attached hydrogen (secondary N) is 1. The summed E-state index contributed by atoms with van der Waals surface area (Å²) in [7, 11) is 1.55. The minimum absolute atomic E-state index is 0.0784. The number of Topliss-reactive ketones (excluding diaryl/α,β-unsaturated/α-hetero) is 1. The molecule has 7 heteroatoms. The van der Waals surface area contributed by atoms with Crippen molar-refractivity contribution in [1.82, 2.24) is 10.2 Å². The molecule has 1 aliphatic heterocycles. The summed E-state index contributed by atoms with van der Waals surface area (Å²) in [4.78, 5) is 39.7. The highest BCUT2D eigenvalue weighted by Crippen LogP contribution is 2.31. The third kappa shape index (κ3) is 8.01. The molecular formula is C30H43N3O4. The number of carbonyl (C=O) groups excluding carboxylic acids is 3. The number of H-pyrrole nitrogens is 1. The van der Waals surface area contributed by atoms with Crippen molar-refractivity contribution in [2.24, 2.45) is 0 Å². The van der Waals surface area contributed by atoms with E-state index in [0.717, 1.165) is 24.2 Å². The summed E-state index contributed by atoms with van der Waals surface area (Å²) in [5.74, 6) is -0.574. The number of aromatic nitrogens is 2. The number of anilines is 1. The number of nitrogens with zero attached hydrogens (tertiary/aromatic N) is 2. The van der Waals surface area contributed by atoms with Crippen molar-refractivity contribution >= 4 is 23.3 Å². The molecule has 0 unspecified atom stereocenters. The van der Waals surface area contributed by atoms with Crippen molar-refractivity contribution < 1.29 is 19.1 Å². The molecule has 1 N–H and O–H groups in total. The first-order chi connectivity index (χ1) is 18.1. The van der Waals surface area contributed by atoms with Crippen molar-refractivity contribution in [2.75, 3.05) is 12.0 Å². The quantitative estimate of drug-likeness (QED) is 0.119. The Morgan fingerprint density at radius 2 is 1.30 bits per heavy atom. The van der Waals surface area contributed by atoms with Gasteiger partial charge in [0.1, 0.15) is 22.7 Å². The number of benzene rings is 1. The summed E-state index contributed by atoms with van der Waals surface area (Å²) in [5, 5.41) is 6.64. The van der Waals surface area contributed by atoms with E-state index < -0.39 is 11.8 Å². The number of fused-ring (bicyclic) bond motifs is 1. The Bertz CT molecular complexity index is 1010. The van der Waals surface area contributed by atoms with Gasteiger partial charge in [-0.15, -0.1) is 0 Å². The van der Waals surface area contributed by atoms with Crippen LogP contribution < -0.4 is 9.64 Å². The fourth-order valence-electron chi connectivity index (χ4n) is 4.96. The van der Waals surface area contributed by atoms with Gasteiger partial charge in [-0.25, -0.2) is 4.90 Å². The van der Waals surface area contributed by atoms with Gasteiger partial charge >= 0.3 is 0 Å². The molecule has 1 aromatic carbocycles. The number of hydrogen-bond donors (Lipinski definition) is 1. The molecule has 0 bridgehead atoms. The summed E-state index contributed by atoms with van der Waals surface area (Å²) in [6.45, 7) is 2.26. The van der Waals surface area contributed by atoms with Gasteiger partial charge in [-0.1, -0.05) is 96.8 Å². The molecule has 0 radical (unpaired) electrons. The van der Waals surface area contributed by atoms with E-state index in [1.54, 1.807) is 31.4 Å². The molecule has 0 fully saturated rings. The number of unbranched alkanes of at least 4 members (excludes halogenated alkanes) is 14. The van der Waals surface area contributed by atoms with Gasteiger partial charge in [-0.2, -0.15) is 5.10 Å². The van der Waals surface area contributed by atoms with Crippen LogP contribution in [-0.2, 0) is 0 Å². The Kier molecular flexibility index (Phi) is 11.9. The van der Waals surface area contributed by atoms with E-state index in [1.807, 2.05) is 0 Å². The van der Waals surface area contributed by atoms with Crippen LogP contribution in [0.25, 0.3) is 0 Å². The van der Waals surface area contributed by atoms with Crippen LogP contribution in [-0.4, -0.2) is 34.9 Å². The number of methoxy groups -OCH3 is 1. The minimum atomic E-state index is -0.515. The monoisotopic (exact) mass is 509 g/mol.